The maximum Gasteiger partial charge on any atom is 0.232 e. The quantitative estimate of drug-likeness (QED) is 0.637. The van der Waals surface area contributed by atoms with Crippen molar-refractivity contribution in [2.24, 2.45) is 10.9 Å². The van der Waals surface area contributed by atoms with Crippen LogP contribution in [0.3, 0.4) is 0 Å². The van der Waals surface area contributed by atoms with Crippen LogP contribution in [0.1, 0.15) is 37.6 Å². The molecule has 1 saturated carbocycles. The summed E-state index contributed by atoms with van der Waals surface area (Å²) < 4.78 is 26.1. The number of fused-ring (bicyclic) bond motifs is 1. The average molecular weight is 468 g/mol. The molecule has 0 spiro atoms. The van der Waals surface area contributed by atoms with Gasteiger partial charge in [0.15, 0.2) is 0 Å². The van der Waals surface area contributed by atoms with E-state index in [0.717, 1.165) is 66.5 Å². The number of carbonyl (C=O) groups excluding carboxylic acids is 1. The predicted octanol–water partition coefficient (Wildman–Crippen LogP) is 3.60. The summed E-state index contributed by atoms with van der Waals surface area (Å²) in [5.41, 5.74) is 6.29. The summed E-state index contributed by atoms with van der Waals surface area (Å²) >= 11 is 0. The number of aliphatic imine (C=N–C) groups is 1. The first-order valence-corrected chi connectivity index (χ1v) is 13.2. The smallest absolute Gasteiger partial charge is 0.232 e. The van der Waals surface area contributed by atoms with Crippen molar-refractivity contribution in [3.05, 3.63) is 35.7 Å². The molecule has 5 rings (SSSR count). The molecule has 3 heterocycles. The highest BCUT2D eigenvalue weighted by atomic mass is 32.2. The van der Waals surface area contributed by atoms with E-state index in [0.29, 0.717) is 24.2 Å². The Morgan fingerprint density at radius 2 is 1.97 bits per heavy atom. The molecule has 1 aromatic heterocycles. The number of benzene rings is 1. The lowest BCUT2D eigenvalue weighted by Crippen LogP contribution is -2.37. The van der Waals surface area contributed by atoms with E-state index < -0.39 is 10.0 Å². The molecule has 1 aliphatic carbocycles. The highest BCUT2D eigenvalue weighted by Crippen LogP contribution is 2.40. The third kappa shape index (κ3) is 4.46. The molecule has 0 amide bonds. The number of hydrogen-bond donors (Lipinski definition) is 1. The van der Waals surface area contributed by atoms with Gasteiger partial charge in [-0.15, -0.1) is 0 Å². The molecule has 0 bridgehead atoms. The van der Waals surface area contributed by atoms with Crippen LogP contribution < -0.4 is 14.5 Å². The van der Waals surface area contributed by atoms with Crippen LogP contribution in [-0.4, -0.2) is 51.3 Å². The van der Waals surface area contributed by atoms with Gasteiger partial charge in [0.05, 0.1) is 34.7 Å². The first kappa shape index (κ1) is 21.9. The summed E-state index contributed by atoms with van der Waals surface area (Å²) in [6.07, 6.45) is 5.25. The molecule has 2 fully saturated rings. The minimum Gasteiger partial charge on any atom is -0.371 e. The van der Waals surface area contributed by atoms with Crippen LogP contribution in [0.5, 0.6) is 0 Å². The third-order valence-corrected chi connectivity index (χ3v) is 7.73. The van der Waals surface area contributed by atoms with Gasteiger partial charge in [-0.25, -0.2) is 8.42 Å². The highest BCUT2D eigenvalue weighted by molar-refractivity contribution is 7.92. The molecule has 1 aromatic carbocycles. The molecule has 8 nitrogen and oxygen atoms in total. The lowest BCUT2D eigenvalue weighted by molar-refractivity contribution is -0.119. The van der Waals surface area contributed by atoms with Crippen LogP contribution in [0, 0.1) is 5.92 Å². The standard InChI is InChI=1S/C24H29N5O3S/c1-15-11-20-24(25-15)21(12-17(26-20)13-23(30)16-5-6-16)27-19-8-7-18(29-9-4-10-29)14-22(19)28(2)33(3,31)32/h7-8,12,14,16H,4-6,9-11,13H2,1-3H3,(H,26,27). The van der Waals surface area contributed by atoms with Crippen molar-refractivity contribution in [3.8, 4) is 0 Å². The van der Waals surface area contributed by atoms with Crippen molar-refractivity contribution < 1.29 is 13.2 Å². The number of sulfonamides is 1. The Morgan fingerprint density at radius 3 is 2.61 bits per heavy atom. The molecule has 33 heavy (non-hydrogen) atoms. The number of nitrogens with one attached hydrogen (secondary N) is 1. The van der Waals surface area contributed by atoms with Gasteiger partial charge >= 0.3 is 0 Å². The SMILES string of the molecule is CC1=Nc2c(Nc3ccc(N4CCC4)cc3N(C)S(C)(=O)=O)cc(CC(=O)C3CC3)nc2C1. The van der Waals surface area contributed by atoms with Crippen LogP contribution in [0.2, 0.25) is 0 Å². The fourth-order valence-electron chi connectivity index (χ4n) is 4.26. The van der Waals surface area contributed by atoms with Crippen molar-refractivity contribution in [1.29, 1.82) is 0 Å². The molecular formula is C24H29N5O3S. The molecule has 2 aliphatic heterocycles. The Hall–Kier alpha value is -2.94. The van der Waals surface area contributed by atoms with Crippen LogP contribution in [0.25, 0.3) is 0 Å². The zero-order chi connectivity index (χ0) is 23.3. The number of anilines is 4. The van der Waals surface area contributed by atoms with E-state index in [1.807, 2.05) is 31.2 Å². The molecule has 0 unspecified atom stereocenters. The minimum atomic E-state index is -3.46. The first-order chi connectivity index (χ1) is 15.7. The topological polar surface area (TPSA) is 95.0 Å². The summed E-state index contributed by atoms with van der Waals surface area (Å²) in [6.45, 7) is 3.91. The number of pyridine rings is 1. The van der Waals surface area contributed by atoms with E-state index in [9.17, 15) is 13.2 Å². The van der Waals surface area contributed by atoms with Crippen LogP contribution >= 0.6 is 0 Å². The van der Waals surface area contributed by atoms with Crippen LogP contribution in [-0.2, 0) is 27.7 Å². The predicted molar refractivity (Wildman–Crippen MR) is 132 cm³/mol. The third-order valence-electron chi connectivity index (χ3n) is 6.54. The molecule has 3 aliphatic rings. The number of hydrogen-bond acceptors (Lipinski definition) is 7. The fraction of sp³-hybridized carbons (Fsp3) is 0.458. The molecule has 9 heteroatoms. The second-order valence-corrected chi connectivity index (χ2v) is 11.3. The number of nitrogens with zero attached hydrogens (tertiary/aromatic N) is 4. The Labute approximate surface area is 194 Å². The molecule has 2 aromatic rings. The Bertz CT molecular complexity index is 1260. The summed E-state index contributed by atoms with van der Waals surface area (Å²) in [5, 5.41) is 3.42. The Morgan fingerprint density at radius 1 is 1.21 bits per heavy atom. The minimum absolute atomic E-state index is 0.179. The highest BCUT2D eigenvalue weighted by Gasteiger charge is 2.30. The van der Waals surface area contributed by atoms with Gasteiger partial charge in [0.2, 0.25) is 10.0 Å². The fourth-order valence-corrected chi connectivity index (χ4v) is 4.77. The average Bonchev–Trinajstić information content (AvgIpc) is 3.48. The summed E-state index contributed by atoms with van der Waals surface area (Å²) in [7, 11) is -1.89. The molecular weight excluding hydrogens is 438 g/mol. The van der Waals surface area contributed by atoms with Crippen LogP contribution in [0.4, 0.5) is 28.4 Å². The summed E-state index contributed by atoms with van der Waals surface area (Å²) in [4.78, 5) is 24.1. The molecule has 1 saturated heterocycles. The van der Waals surface area contributed by atoms with Gasteiger partial charge in [0, 0.05) is 50.3 Å². The van der Waals surface area contributed by atoms with Crippen molar-refractivity contribution in [3.63, 3.8) is 0 Å². The number of Topliss-reactive ketones (excluding diaryl/α,β-unsaturated/α-hetero) is 1. The second kappa shape index (κ2) is 8.13. The second-order valence-electron chi connectivity index (χ2n) is 9.30. The zero-order valence-electron chi connectivity index (χ0n) is 19.3. The van der Waals surface area contributed by atoms with Gasteiger partial charge in [0.1, 0.15) is 11.5 Å². The van der Waals surface area contributed by atoms with Crippen LogP contribution in [0.15, 0.2) is 29.3 Å². The molecule has 0 radical (unpaired) electrons. The van der Waals surface area contributed by atoms with E-state index in [2.05, 4.69) is 15.2 Å². The lowest BCUT2D eigenvalue weighted by Gasteiger charge is -2.34. The van der Waals surface area contributed by atoms with E-state index in [1.54, 1.807) is 7.05 Å². The van der Waals surface area contributed by atoms with Crippen molar-refractivity contribution in [2.45, 2.75) is 39.0 Å². The Balaban J connectivity index is 1.53. The van der Waals surface area contributed by atoms with E-state index in [4.69, 9.17) is 4.98 Å². The van der Waals surface area contributed by atoms with Gasteiger partial charge in [-0.3, -0.25) is 19.1 Å². The van der Waals surface area contributed by atoms with E-state index in [-0.39, 0.29) is 11.7 Å². The molecule has 0 atom stereocenters. The number of ketones is 1. The van der Waals surface area contributed by atoms with Gasteiger partial charge in [-0.1, -0.05) is 0 Å². The van der Waals surface area contributed by atoms with Gasteiger partial charge < -0.3 is 10.2 Å². The maximum atomic E-state index is 12.4. The number of carbonyl (C=O) groups is 1. The van der Waals surface area contributed by atoms with E-state index >= 15 is 0 Å². The molecule has 174 valence electrons. The molecule has 1 N–H and O–H groups in total. The summed E-state index contributed by atoms with van der Waals surface area (Å²) in [6, 6.07) is 7.72. The van der Waals surface area contributed by atoms with Crippen molar-refractivity contribution >= 4 is 50.0 Å². The lowest BCUT2D eigenvalue weighted by atomic mass is 10.1. The van der Waals surface area contributed by atoms with Gasteiger partial charge in [-0.2, -0.15) is 0 Å². The van der Waals surface area contributed by atoms with Crippen molar-refractivity contribution in [1.82, 2.24) is 4.98 Å². The maximum absolute atomic E-state index is 12.4. The zero-order valence-corrected chi connectivity index (χ0v) is 20.1. The van der Waals surface area contributed by atoms with Crippen molar-refractivity contribution in [2.75, 3.05) is 40.9 Å². The van der Waals surface area contributed by atoms with E-state index in [1.165, 1.54) is 10.6 Å². The normalized spacial score (nSPS) is 17.3. The Kier molecular flexibility index (Phi) is 5.39. The summed E-state index contributed by atoms with van der Waals surface area (Å²) in [5.74, 6) is 0.416. The first-order valence-electron chi connectivity index (χ1n) is 11.4. The van der Waals surface area contributed by atoms with Gasteiger partial charge in [-0.05, 0) is 50.5 Å². The monoisotopic (exact) mass is 467 g/mol. The largest absolute Gasteiger partial charge is 0.371 e. The number of aromatic nitrogens is 1. The number of rotatable bonds is 8. The van der Waals surface area contributed by atoms with Gasteiger partial charge in [0.25, 0.3) is 0 Å².